The van der Waals surface area contributed by atoms with Crippen molar-refractivity contribution in [1.29, 1.82) is 0 Å². The molecular weight excluding hydrogens is 272 g/mol. The molecule has 6 heteroatoms. The Balaban J connectivity index is 2.45. The van der Waals surface area contributed by atoms with Crippen LogP contribution in [-0.4, -0.2) is 53.3 Å². The van der Waals surface area contributed by atoms with E-state index < -0.39 is 17.6 Å². The van der Waals surface area contributed by atoms with Gasteiger partial charge in [0.25, 0.3) is 0 Å². The Hall–Kier alpha value is -1.30. The standard InChI is InChI=1S/C15H28N2O4/c1-5-12(13(18)19)16-9-11-7-6-8-17(10-11)14(20)21-15(2,3)4/h11-12,16H,5-10H2,1-4H3,(H,18,19). The maximum Gasteiger partial charge on any atom is 0.410 e. The van der Waals surface area contributed by atoms with Crippen LogP contribution in [0, 0.1) is 5.92 Å². The van der Waals surface area contributed by atoms with E-state index in [0.717, 1.165) is 12.8 Å². The summed E-state index contributed by atoms with van der Waals surface area (Å²) in [6.45, 7) is 9.36. The molecule has 0 radical (unpaired) electrons. The van der Waals surface area contributed by atoms with Crippen molar-refractivity contribution in [2.75, 3.05) is 19.6 Å². The number of piperidine rings is 1. The number of carboxylic acids is 1. The van der Waals surface area contributed by atoms with Gasteiger partial charge in [0, 0.05) is 19.6 Å². The molecule has 1 rings (SSSR count). The molecule has 0 aromatic carbocycles. The lowest BCUT2D eigenvalue weighted by Gasteiger charge is -2.34. The fourth-order valence-corrected chi connectivity index (χ4v) is 2.44. The first kappa shape index (κ1) is 17.8. The third-order valence-corrected chi connectivity index (χ3v) is 3.53. The fourth-order valence-electron chi connectivity index (χ4n) is 2.44. The van der Waals surface area contributed by atoms with Gasteiger partial charge < -0.3 is 20.1 Å². The summed E-state index contributed by atoms with van der Waals surface area (Å²) in [7, 11) is 0. The molecule has 0 aromatic rings. The van der Waals surface area contributed by atoms with Crippen LogP contribution in [0.15, 0.2) is 0 Å². The zero-order chi connectivity index (χ0) is 16.0. The van der Waals surface area contributed by atoms with Crippen LogP contribution < -0.4 is 5.32 Å². The third kappa shape index (κ3) is 6.33. The molecule has 6 nitrogen and oxygen atoms in total. The van der Waals surface area contributed by atoms with Crippen LogP contribution >= 0.6 is 0 Å². The van der Waals surface area contributed by atoms with Crippen molar-refractivity contribution >= 4 is 12.1 Å². The number of nitrogens with one attached hydrogen (secondary N) is 1. The fraction of sp³-hybridized carbons (Fsp3) is 0.867. The second-order valence-electron chi connectivity index (χ2n) is 6.64. The number of carbonyl (C=O) groups excluding carboxylic acids is 1. The molecule has 0 bridgehead atoms. The second-order valence-corrected chi connectivity index (χ2v) is 6.64. The molecule has 1 fully saturated rings. The number of nitrogens with zero attached hydrogens (tertiary/aromatic N) is 1. The van der Waals surface area contributed by atoms with E-state index in [1.807, 2.05) is 27.7 Å². The molecule has 1 aliphatic rings. The van der Waals surface area contributed by atoms with Gasteiger partial charge in [-0.1, -0.05) is 6.92 Å². The minimum atomic E-state index is -0.822. The van der Waals surface area contributed by atoms with Gasteiger partial charge in [-0.15, -0.1) is 0 Å². The summed E-state index contributed by atoms with van der Waals surface area (Å²) in [5.74, 6) is -0.544. The molecule has 0 spiro atoms. The first-order chi connectivity index (χ1) is 9.73. The van der Waals surface area contributed by atoms with E-state index in [9.17, 15) is 9.59 Å². The molecule has 21 heavy (non-hydrogen) atoms. The number of aliphatic carboxylic acids is 1. The molecular formula is C15H28N2O4. The Morgan fingerprint density at radius 1 is 1.43 bits per heavy atom. The highest BCUT2D eigenvalue weighted by molar-refractivity contribution is 5.73. The minimum Gasteiger partial charge on any atom is -0.480 e. The number of rotatable bonds is 5. The Labute approximate surface area is 126 Å². The van der Waals surface area contributed by atoms with Crippen molar-refractivity contribution in [3.8, 4) is 0 Å². The van der Waals surface area contributed by atoms with Crippen LogP contribution in [0.25, 0.3) is 0 Å². The number of hydrogen-bond donors (Lipinski definition) is 2. The summed E-state index contributed by atoms with van der Waals surface area (Å²) in [4.78, 5) is 24.8. The lowest BCUT2D eigenvalue weighted by molar-refractivity contribution is -0.139. The zero-order valence-corrected chi connectivity index (χ0v) is 13.5. The number of carboxylic acid groups (broad SMARTS) is 1. The van der Waals surface area contributed by atoms with Crippen molar-refractivity contribution < 1.29 is 19.4 Å². The van der Waals surface area contributed by atoms with E-state index in [-0.39, 0.29) is 12.0 Å². The number of likely N-dealkylation sites (tertiary alicyclic amines) is 1. The lowest BCUT2D eigenvalue weighted by Crippen LogP contribution is -2.47. The van der Waals surface area contributed by atoms with Gasteiger partial charge in [-0.3, -0.25) is 4.79 Å². The average Bonchev–Trinajstić information content (AvgIpc) is 2.37. The summed E-state index contributed by atoms with van der Waals surface area (Å²) >= 11 is 0. The zero-order valence-electron chi connectivity index (χ0n) is 13.5. The molecule has 122 valence electrons. The highest BCUT2D eigenvalue weighted by atomic mass is 16.6. The van der Waals surface area contributed by atoms with Crippen LogP contribution in [0.3, 0.4) is 0 Å². The summed E-state index contributed by atoms with van der Waals surface area (Å²) in [6.07, 6.45) is 2.20. The molecule has 2 atom stereocenters. The molecule has 1 heterocycles. The van der Waals surface area contributed by atoms with Crippen LogP contribution in [0.4, 0.5) is 4.79 Å². The largest absolute Gasteiger partial charge is 0.480 e. The van der Waals surface area contributed by atoms with E-state index in [1.165, 1.54) is 0 Å². The van der Waals surface area contributed by atoms with Gasteiger partial charge in [-0.05, 0) is 46.0 Å². The maximum atomic E-state index is 12.1. The van der Waals surface area contributed by atoms with E-state index in [1.54, 1.807) is 4.90 Å². The van der Waals surface area contributed by atoms with E-state index >= 15 is 0 Å². The van der Waals surface area contributed by atoms with Crippen LogP contribution in [0.2, 0.25) is 0 Å². The summed E-state index contributed by atoms with van der Waals surface area (Å²) in [5.41, 5.74) is -0.487. The minimum absolute atomic E-state index is 0.277. The van der Waals surface area contributed by atoms with Crippen molar-refractivity contribution in [1.82, 2.24) is 10.2 Å². The monoisotopic (exact) mass is 300 g/mol. The smallest absolute Gasteiger partial charge is 0.410 e. The van der Waals surface area contributed by atoms with E-state index in [4.69, 9.17) is 9.84 Å². The normalized spacial score (nSPS) is 21.0. The first-order valence-corrected chi connectivity index (χ1v) is 7.67. The van der Waals surface area contributed by atoms with Crippen molar-refractivity contribution in [3.63, 3.8) is 0 Å². The van der Waals surface area contributed by atoms with E-state index in [2.05, 4.69) is 5.32 Å². The SMILES string of the molecule is CCC(NCC1CCCN(C(=O)OC(C)(C)C)C1)C(=O)O. The van der Waals surface area contributed by atoms with Crippen molar-refractivity contribution in [3.05, 3.63) is 0 Å². The Morgan fingerprint density at radius 2 is 2.10 bits per heavy atom. The highest BCUT2D eigenvalue weighted by Gasteiger charge is 2.28. The number of amides is 1. The summed E-state index contributed by atoms with van der Waals surface area (Å²) < 4.78 is 5.38. The Kier molecular flexibility index (Phi) is 6.45. The predicted octanol–water partition coefficient (Wildman–Crippen LogP) is 2.09. The molecule has 1 amide bonds. The van der Waals surface area contributed by atoms with Gasteiger partial charge in [0.1, 0.15) is 11.6 Å². The molecule has 1 saturated heterocycles. The van der Waals surface area contributed by atoms with Crippen molar-refractivity contribution in [2.24, 2.45) is 5.92 Å². The van der Waals surface area contributed by atoms with Crippen LogP contribution in [0.5, 0.6) is 0 Å². The lowest BCUT2D eigenvalue weighted by atomic mass is 9.98. The quantitative estimate of drug-likeness (QED) is 0.813. The highest BCUT2D eigenvalue weighted by Crippen LogP contribution is 2.19. The number of hydrogen-bond acceptors (Lipinski definition) is 4. The number of carbonyl (C=O) groups is 2. The van der Waals surface area contributed by atoms with Crippen molar-refractivity contribution in [2.45, 2.75) is 58.6 Å². The van der Waals surface area contributed by atoms with Crippen LogP contribution in [-0.2, 0) is 9.53 Å². The van der Waals surface area contributed by atoms with Gasteiger partial charge >= 0.3 is 12.1 Å². The number of ether oxygens (including phenoxy) is 1. The van der Waals surface area contributed by atoms with Gasteiger partial charge in [0.15, 0.2) is 0 Å². The summed E-state index contributed by atoms with van der Waals surface area (Å²) in [5, 5.41) is 12.1. The molecule has 2 unspecified atom stereocenters. The van der Waals surface area contributed by atoms with Gasteiger partial charge in [0.2, 0.25) is 0 Å². The summed E-state index contributed by atoms with van der Waals surface area (Å²) in [6, 6.07) is -0.512. The first-order valence-electron chi connectivity index (χ1n) is 7.67. The molecule has 1 aliphatic heterocycles. The third-order valence-electron chi connectivity index (χ3n) is 3.53. The van der Waals surface area contributed by atoms with Gasteiger partial charge in [-0.25, -0.2) is 4.79 Å². The van der Waals surface area contributed by atoms with Crippen LogP contribution in [0.1, 0.15) is 47.0 Å². The molecule has 0 saturated carbocycles. The van der Waals surface area contributed by atoms with Gasteiger partial charge in [-0.2, -0.15) is 0 Å². The molecule has 0 aromatic heterocycles. The van der Waals surface area contributed by atoms with E-state index in [0.29, 0.717) is 26.1 Å². The average molecular weight is 300 g/mol. The maximum absolute atomic E-state index is 12.1. The molecule has 0 aliphatic carbocycles. The second kappa shape index (κ2) is 7.64. The predicted molar refractivity (Wildman–Crippen MR) is 80.2 cm³/mol. The topological polar surface area (TPSA) is 78.9 Å². The van der Waals surface area contributed by atoms with Gasteiger partial charge in [0.05, 0.1) is 0 Å². The molecule has 2 N–H and O–H groups in total. The Morgan fingerprint density at radius 3 is 2.62 bits per heavy atom. The Bertz CT molecular complexity index is 365.